The van der Waals surface area contributed by atoms with E-state index in [2.05, 4.69) is 22.3 Å². The SMILES string of the molecule is CC(C)(C)O[C@@H]1C[C@H](c2nc(CCCc3ccccc3)no2)N(C(=O)c2ccc(C(=O)N3CCCC3)cc2)C1. The fraction of sp³-hybridized carbons (Fsp3) is 0.484. The van der Waals surface area contributed by atoms with E-state index in [1.54, 1.807) is 29.2 Å². The third-order valence-corrected chi connectivity index (χ3v) is 7.29. The van der Waals surface area contributed by atoms with E-state index < -0.39 is 0 Å². The lowest BCUT2D eigenvalue weighted by atomic mass is 10.1. The summed E-state index contributed by atoms with van der Waals surface area (Å²) in [6, 6.07) is 17.0. The third-order valence-electron chi connectivity index (χ3n) is 7.29. The number of nitrogens with zero attached hydrogens (tertiary/aromatic N) is 4. The fourth-order valence-electron chi connectivity index (χ4n) is 5.47. The van der Waals surface area contributed by atoms with Crippen molar-refractivity contribution in [2.75, 3.05) is 19.6 Å². The van der Waals surface area contributed by atoms with Crippen LogP contribution in [-0.2, 0) is 17.6 Å². The topological polar surface area (TPSA) is 88.8 Å². The largest absolute Gasteiger partial charge is 0.371 e. The predicted molar refractivity (Wildman–Crippen MR) is 147 cm³/mol. The van der Waals surface area contributed by atoms with E-state index in [1.807, 2.05) is 43.9 Å². The summed E-state index contributed by atoms with van der Waals surface area (Å²) < 4.78 is 12.0. The second-order valence-corrected chi connectivity index (χ2v) is 11.5. The zero-order valence-electron chi connectivity index (χ0n) is 23.1. The molecule has 39 heavy (non-hydrogen) atoms. The lowest BCUT2D eigenvalue weighted by molar-refractivity contribution is -0.0535. The lowest BCUT2D eigenvalue weighted by Crippen LogP contribution is -2.34. The van der Waals surface area contributed by atoms with Crippen molar-refractivity contribution in [1.29, 1.82) is 0 Å². The molecule has 2 saturated heterocycles. The number of ether oxygens (including phenoxy) is 1. The van der Waals surface area contributed by atoms with Crippen molar-refractivity contribution in [2.24, 2.45) is 0 Å². The molecule has 0 bridgehead atoms. The smallest absolute Gasteiger partial charge is 0.254 e. The molecule has 3 aromatic rings. The second-order valence-electron chi connectivity index (χ2n) is 11.5. The summed E-state index contributed by atoms with van der Waals surface area (Å²) in [4.78, 5) is 34.8. The normalized spacial score (nSPS) is 19.6. The predicted octanol–water partition coefficient (Wildman–Crippen LogP) is 5.25. The number of hydrogen-bond acceptors (Lipinski definition) is 6. The lowest BCUT2D eigenvalue weighted by Gasteiger charge is -2.25. The van der Waals surface area contributed by atoms with Gasteiger partial charge < -0.3 is 19.1 Å². The molecule has 8 heteroatoms. The van der Waals surface area contributed by atoms with Crippen LogP contribution in [0.4, 0.5) is 0 Å². The molecule has 2 aliphatic heterocycles. The summed E-state index contributed by atoms with van der Waals surface area (Å²) >= 11 is 0. The van der Waals surface area contributed by atoms with Crippen LogP contribution >= 0.6 is 0 Å². The highest BCUT2D eigenvalue weighted by Gasteiger charge is 2.41. The molecule has 2 aromatic carbocycles. The van der Waals surface area contributed by atoms with Gasteiger partial charge in [0.1, 0.15) is 6.04 Å². The van der Waals surface area contributed by atoms with Crippen LogP contribution in [0, 0.1) is 0 Å². The summed E-state index contributed by atoms with van der Waals surface area (Å²) in [5.74, 6) is 0.982. The van der Waals surface area contributed by atoms with E-state index >= 15 is 0 Å². The Bertz CT molecular complexity index is 1260. The molecule has 1 aromatic heterocycles. The van der Waals surface area contributed by atoms with Crippen LogP contribution in [0.1, 0.15) is 90.5 Å². The van der Waals surface area contributed by atoms with E-state index in [1.165, 1.54) is 5.56 Å². The van der Waals surface area contributed by atoms with E-state index in [4.69, 9.17) is 9.26 Å². The van der Waals surface area contributed by atoms with Gasteiger partial charge in [-0.25, -0.2) is 0 Å². The number of hydrogen-bond donors (Lipinski definition) is 0. The minimum Gasteiger partial charge on any atom is -0.371 e. The molecule has 2 fully saturated rings. The molecule has 0 N–H and O–H groups in total. The van der Waals surface area contributed by atoms with E-state index in [0.717, 1.165) is 38.8 Å². The van der Waals surface area contributed by atoms with Crippen LogP contribution in [0.5, 0.6) is 0 Å². The van der Waals surface area contributed by atoms with Gasteiger partial charge in [-0.2, -0.15) is 4.98 Å². The first-order valence-corrected chi connectivity index (χ1v) is 14.0. The Morgan fingerprint density at radius 2 is 1.62 bits per heavy atom. The maximum Gasteiger partial charge on any atom is 0.254 e. The summed E-state index contributed by atoms with van der Waals surface area (Å²) in [5.41, 5.74) is 2.07. The Hall–Kier alpha value is -3.52. The van der Waals surface area contributed by atoms with Gasteiger partial charge in [-0.05, 0) is 76.3 Å². The van der Waals surface area contributed by atoms with Crippen LogP contribution in [0.3, 0.4) is 0 Å². The second kappa shape index (κ2) is 11.7. The van der Waals surface area contributed by atoms with Crippen LogP contribution < -0.4 is 0 Å². The van der Waals surface area contributed by atoms with Crippen molar-refractivity contribution in [3.63, 3.8) is 0 Å². The van der Waals surface area contributed by atoms with Crippen LogP contribution in [-0.4, -0.2) is 63.1 Å². The molecule has 0 unspecified atom stereocenters. The molecule has 0 aliphatic carbocycles. The Kier molecular flexibility index (Phi) is 8.12. The number of carbonyl (C=O) groups excluding carboxylic acids is 2. The molecule has 2 aliphatic rings. The number of rotatable bonds is 8. The Labute approximate surface area is 230 Å². The summed E-state index contributed by atoms with van der Waals surface area (Å²) in [6.07, 6.45) is 5.07. The first-order chi connectivity index (χ1) is 18.8. The van der Waals surface area contributed by atoms with Gasteiger partial charge in [0.15, 0.2) is 5.82 Å². The molecular weight excluding hydrogens is 492 g/mol. The van der Waals surface area contributed by atoms with Gasteiger partial charge in [0.05, 0.1) is 11.7 Å². The Morgan fingerprint density at radius 1 is 0.949 bits per heavy atom. The number of aryl methyl sites for hydroxylation is 2. The quantitative estimate of drug-likeness (QED) is 0.395. The van der Waals surface area contributed by atoms with Crippen LogP contribution in [0.15, 0.2) is 59.1 Å². The number of likely N-dealkylation sites (tertiary alicyclic amines) is 2. The van der Waals surface area contributed by atoms with Crippen molar-refractivity contribution < 1.29 is 18.8 Å². The van der Waals surface area contributed by atoms with Crippen molar-refractivity contribution >= 4 is 11.8 Å². The van der Waals surface area contributed by atoms with Crippen molar-refractivity contribution in [2.45, 2.75) is 77.0 Å². The summed E-state index contributed by atoms with van der Waals surface area (Å²) in [5, 5.41) is 4.22. The van der Waals surface area contributed by atoms with Crippen molar-refractivity contribution in [3.05, 3.63) is 83.0 Å². The minimum atomic E-state index is -0.369. The van der Waals surface area contributed by atoms with Gasteiger partial charge in [-0.3, -0.25) is 9.59 Å². The third kappa shape index (κ3) is 6.74. The number of amides is 2. The Morgan fingerprint density at radius 3 is 2.28 bits per heavy atom. The highest BCUT2D eigenvalue weighted by atomic mass is 16.5. The van der Waals surface area contributed by atoms with Gasteiger partial charge in [0.2, 0.25) is 5.89 Å². The monoisotopic (exact) mass is 530 g/mol. The van der Waals surface area contributed by atoms with Gasteiger partial charge in [0.25, 0.3) is 11.8 Å². The highest BCUT2D eigenvalue weighted by Crippen LogP contribution is 2.35. The summed E-state index contributed by atoms with van der Waals surface area (Å²) in [7, 11) is 0. The van der Waals surface area contributed by atoms with Gasteiger partial charge in [-0.1, -0.05) is 35.5 Å². The van der Waals surface area contributed by atoms with Crippen molar-refractivity contribution in [1.82, 2.24) is 19.9 Å². The molecule has 2 atom stereocenters. The summed E-state index contributed by atoms with van der Waals surface area (Å²) in [6.45, 7) is 8.06. The first-order valence-electron chi connectivity index (χ1n) is 14.0. The van der Waals surface area contributed by atoms with Crippen LogP contribution in [0.25, 0.3) is 0 Å². The number of benzene rings is 2. The molecule has 0 radical (unpaired) electrons. The van der Waals surface area contributed by atoms with E-state index in [-0.39, 0.29) is 29.6 Å². The first kappa shape index (κ1) is 27.1. The molecule has 0 saturated carbocycles. The number of aromatic nitrogens is 2. The zero-order valence-corrected chi connectivity index (χ0v) is 23.1. The zero-order chi connectivity index (χ0) is 27.4. The van der Waals surface area contributed by atoms with Crippen LogP contribution in [0.2, 0.25) is 0 Å². The van der Waals surface area contributed by atoms with Gasteiger partial charge >= 0.3 is 0 Å². The van der Waals surface area contributed by atoms with E-state index in [0.29, 0.717) is 42.2 Å². The molecule has 0 spiro atoms. The molecule has 2 amide bonds. The fourth-order valence-corrected chi connectivity index (χ4v) is 5.47. The number of carbonyl (C=O) groups is 2. The average molecular weight is 531 g/mol. The van der Waals surface area contributed by atoms with Crippen molar-refractivity contribution in [3.8, 4) is 0 Å². The highest BCUT2D eigenvalue weighted by molar-refractivity contribution is 5.98. The average Bonchev–Trinajstić information content (AvgIpc) is 3.69. The molecule has 3 heterocycles. The minimum absolute atomic E-state index is 0.0230. The van der Waals surface area contributed by atoms with Gasteiger partial charge in [0, 0.05) is 43.6 Å². The molecule has 5 rings (SSSR count). The van der Waals surface area contributed by atoms with E-state index in [9.17, 15) is 9.59 Å². The molecule has 8 nitrogen and oxygen atoms in total. The standard InChI is InChI=1S/C31H38N4O4/c1-31(2,3)38-25-20-26(28-32-27(33-39-28)13-9-12-22-10-5-4-6-11-22)35(21-25)30(37)24-16-14-23(15-17-24)29(36)34-18-7-8-19-34/h4-6,10-11,14-17,25-26H,7-9,12-13,18-21H2,1-3H3/t25-,26-/m1/s1. The van der Waals surface area contributed by atoms with Gasteiger partial charge in [-0.15, -0.1) is 0 Å². The maximum atomic E-state index is 13.7. The molecular formula is C31H38N4O4. The Balaban J connectivity index is 1.29. The maximum absolute atomic E-state index is 13.7. The molecule has 206 valence electrons.